The molecule has 7 heteroatoms. The third-order valence-corrected chi connectivity index (χ3v) is 3.68. The summed E-state index contributed by atoms with van der Waals surface area (Å²) >= 11 is 4.99. The first-order valence-corrected chi connectivity index (χ1v) is 7.93. The lowest BCUT2D eigenvalue weighted by atomic mass is 10.2. The number of carbonyl (C=O) groups excluding carboxylic acids is 1. The van der Waals surface area contributed by atoms with Crippen molar-refractivity contribution in [3.05, 3.63) is 28.5 Å². The number of sulfone groups is 1. The molecule has 1 heterocycles. The number of aromatic nitrogens is 1. The average Bonchev–Trinajstić information content (AvgIpc) is 2.26. The van der Waals surface area contributed by atoms with Crippen LogP contribution in [0.1, 0.15) is 23.7 Å². The molecule has 1 rings (SSSR count). The van der Waals surface area contributed by atoms with Gasteiger partial charge in [-0.1, -0.05) is 12.2 Å². The second-order valence-electron chi connectivity index (χ2n) is 4.21. The van der Waals surface area contributed by atoms with E-state index in [4.69, 9.17) is 12.2 Å². The third-order valence-electron chi connectivity index (χ3n) is 2.36. The minimum absolute atomic E-state index is 0.0517. The SMILES string of the molecule is CC(CCS(C)(=O)=O)NC(=O)c1ccc[nH]c1=S. The van der Waals surface area contributed by atoms with Gasteiger partial charge in [0.2, 0.25) is 0 Å². The number of hydrogen-bond acceptors (Lipinski definition) is 4. The van der Waals surface area contributed by atoms with Crippen LogP contribution in [0.5, 0.6) is 0 Å². The molecule has 0 aliphatic rings. The van der Waals surface area contributed by atoms with Crippen LogP contribution in [0.2, 0.25) is 0 Å². The Balaban J connectivity index is 2.61. The average molecular weight is 288 g/mol. The second-order valence-corrected chi connectivity index (χ2v) is 6.87. The number of amides is 1. The number of H-pyrrole nitrogens is 1. The Morgan fingerprint density at radius 1 is 1.56 bits per heavy atom. The van der Waals surface area contributed by atoms with Gasteiger partial charge in [0.25, 0.3) is 5.91 Å². The Morgan fingerprint density at radius 3 is 2.78 bits per heavy atom. The van der Waals surface area contributed by atoms with Crippen molar-refractivity contribution >= 4 is 28.0 Å². The molecular weight excluding hydrogens is 272 g/mol. The molecule has 0 saturated heterocycles. The fraction of sp³-hybridized carbons (Fsp3) is 0.455. The molecule has 0 aliphatic heterocycles. The molecule has 0 aliphatic carbocycles. The van der Waals surface area contributed by atoms with E-state index < -0.39 is 9.84 Å². The number of nitrogens with one attached hydrogen (secondary N) is 2. The van der Waals surface area contributed by atoms with Gasteiger partial charge in [0.15, 0.2) is 0 Å². The number of pyridine rings is 1. The molecule has 1 amide bonds. The van der Waals surface area contributed by atoms with Gasteiger partial charge in [-0.15, -0.1) is 0 Å². The Labute approximate surface area is 112 Å². The van der Waals surface area contributed by atoms with E-state index in [1.165, 1.54) is 6.26 Å². The number of hydrogen-bond donors (Lipinski definition) is 2. The van der Waals surface area contributed by atoms with Crippen LogP contribution in [0.15, 0.2) is 18.3 Å². The van der Waals surface area contributed by atoms with Gasteiger partial charge in [0.1, 0.15) is 14.5 Å². The minimum atomic E-state index is -3.01. The van der Waals surface area contributed by atoms with Crippen molar-refractivity contribution in [2.24, 2.45) is 0 Å². The van der Waals surface area contributed by atoms with Crippen LogP contribution in [0.4, 0.5) is 0 Å². The lowest BCUT2D eigenvalue weighted by Crippen LogP contribution is -2.34. The summed E-state index contributed by atoms with van der Waals surface area (Å²) in [6, 6.07) is 3.09. The Morgan fingerprint density at radius 2 is 2.22 bits per heavy atom. The molecule has 5 nitrogen and oxygen atoms in total. The molecule has 1 atom stereocenters. The molecule has 100 valence electrons. The van der Waals surface area contributed by atoms with Crippen LogP contribution < -0.4 is 5.32 Å². The topological polar surface area (TPSA) is 79.0 Å². The predicted octanol–water partition coefficient (Wildman–Crippen LogP) is 1.30. The Kier molecular flexibility index (Phi) is 5.03. The van der Waals surface area contributed by atoms with E-state index in [1.807, 2.05) is 0 Å². The van der Waals surface area contributed by atoms with E-state index in [9.17, 15) is 13.2 Å². The zero-order valence-electron chi connectivity index (χ0n) is 10.3. The zero-order chi connectivity index (χ0) is 13.8. The largest absolute Gasteiger partial charge is 0.352 e. The number of rotatable bonds is 5. The van der Waals surface area contributed by atoms with Gasteiger partial charge in [0.05, 0.1) is 11.3 Å². The summed E-state index contributed by atoms with van der Waals surface area (Å²) in [4.78, 5) is 14.6. The highest BCUT2D eigenvalue weighted by Crippen LogP contribution is 2.02. The van der Waals surface area contributed by atoms with E-state index in [0.717, 1.165) is 0 Å². The van der Waals surface area contributed by atoms with Crippen molar-refractivity contribution < 1.29 is 13.2 Å². The van der Waals surface area contributed by atoms with Crippen molar-refractivity contribution in [1.82, 2.24) is 10.3 Å². The molecule has 1 unspecified atom stereocenters. The van der Waals surface area contributed by atoms with Crippen LogP contribution >= 0.6 is 12.2 Å². The highest BCUT2D eigenvalue weighted by atomic mass is 32.2. The third kappa shape index (κ3) is 4.97. The van der Waals surface area contributed by atoms with Crippen molar-refractivity contribution in [1.29, 1.82) is 0 Å². The van der Waals surface area contributed by atoms with E-state index in [1.54, 1.807) is 25.3 Å². The molecule has 1 aromatic rings. The predicted molar refractivity (Wildman–Crippen MR) is 72.9 cm³/mol. The summed E-state index contributed by atoms with van der Waals surface area (Å²) in [5, 5.41) is 2.72. The van der Waals surface area contributed by atoms with Crippen LogP contribution in [0, 0.1) is 4.64 Å². The maximum Gasteiger partial charge on any atom is 0.254 e. The van der Waals surface area contributed by atoms with Crippen LogP contribution in [-0.4, -0.2) is 37.4 Å². The maximum atomic E-state index is 11.9. The van der Waals surface area contributed by atoms with E-state index in [-0.39, 0.29) is 17.7 Å². The van der Waals surface area contributed by atoms with Crippen molar-refractivity contribution in [3.8, 4) is 0 Å². The number of carbonyl (C=O) groups is 1. The fourth-order valence-electron chi connectivity index (χ4n) is 1.36. The van der Waals surface area contributed by atoms with Gasteiger partial charge in [-0.05, 0) is 25.5 Å². The Bertz CT molecular complexity index is 578. The quantitative estimate of drug-likeness (QED) is 0.800. The summed E-state index contributed by atoms with van der Waals surface area (Å²) in [6.07, 6.45) is 3.20. The molecule has 0 spiro atoms. The maximum absolute atomic E-state index is 11.9. The second kappa shape index (κ2) is 6.10. The monoisotopic (exact) mass is 288 g/mol. The fourth-order valence-corrected chi connectivity index (χ4v) is 2.38. The van der Waals surface area contributed by atoms with Crippen LogP contribution in [0.3, 0.4) is 0 Å². The van der Waals surface area contributed by atoms with Crippen LogP contribution in [-0.2, 0) is 9.84 Å². The van der Waals surface area contributed by atoms with Crippen molar-refractivity contribution in [2.75, 3.05) is 12.0 Å². The normalized spacial score (nSPS) is 13.0. The first kappa shape index (κ1) is 14.8. The summed E-state index contributed by atoms with van der Waals surface area (Å²) in [7, 11) is -3.01. The first-order chi connectivity index (χ1) is 8.29. The molecule has 0 saturated carbocycles. The van der Waals surface area contributed by atoms with Crippen LogP contribution in [0.25, 0.3) is 0 Å². The lowest BCUT2D eigenvalue weighted by molar-refractivity contribution is 0.0938. The molecular formula is C11H16N2O3S2. The van der Waals surface area contributed by atoms with Gasteiger partial charge in [-0.25, -0.2) is 8.42 Å². The zero-order valence-corrected chi connectivity index (χ0v) is 11.9. The first-order valence-electron chi connectivity index (χ1n) is 5.46. The molecule has 0 radical (unpaired) electrons. The van der Waals surface area contributed by atoms with Gasteiger partial charge in [0, 0.05) is 18.5 Å². The van der Waals surface area contributed by atoms with E-state index in [2.05, 4.69) is 10.3 Å². The molecule has 1 aromatic heterocycles. The van der Waals surface area contributed by atoms with Gasteiger partial charge in [-0.3, -0.25) is 4.79 Å². The summed E-state index contributed by atoms with van der Waals surface area (Å²) in [6.45, 7) is 1.76. The van der Waals surface area contributed by atoms with Gasteiger partial charge >= 0.3 is 0 Å². The van der Waals surface area contributed by atoms with Gasteiger partial charge in [-0.2, -0.15) is 0 Å². The number of aromatic amines is 1. The molecule has 18 heavy (non-hydrogen) atoms. The summed E-state index contributed by atoms with van der Waals surface area (Å²) in [5.41, 5.74) is 0.388. The molecule has 0 bridgehead atoms. The lowest BCUT2D eigenvalue weighted by Gasteiger charge is -2.13. The van der Waals surface area contributed by atoms with Crippen molar-refractivity contribution in [3.63, 3.8) is 0 Å². The van der Waals surface area contributed by atoms with E-state index >= 15 is 0 Å². The smallest absolute Gasteiger partial charge is 0.254 e. The summed E-state index contributed by atoms with van der Waals surface area (Å²) < 4.78 is 22.4. The molecule has 0 fully saturated rings. The molecule has 2 N–H and O–H groups in total. The Hall–Kier alpha value is -1.21. The van der Waals surface area contributed by atoms with Crippen molar-refractivity contribution in [2.45, 2.75) is 19.4 Å². The summed E-state index contributed by atoms with van der Waals surface area (Å²) in [5.74, 6) is -0.242. The van der Waals surface area contributed by atoms with E-state index in [0.29, 0.717) is 16.6 Å². The minimum Gasteiger partial charge on any atom is -0.352 e. The highest BCUT2D eigenvalue weighted by Gasteiger charge is 2.13. The molecule has 0 aromatic carbocycles. The van der Waals surface area contributed by atoms with Gasteiger partial charge < -0.3 is 10.3 Å². The highest BCUT2D eigenvalue weighted by molar-refractivity contribution is 7.90. The standard InChI is InChI=1S/C11H16N2O3S2/c1-8(5-7-18(2,15)16)13-10(14)9-4-3-6-12-11(9)17/h3-4,6,8H,5,7H2,1-2H3,(H,12,17)(H,13,14).